The molecule has 7 heteroatoms. The molecule has 1 aromatic carbocycles. The Balaban J connectivity index is 1.36. The molecular formula is C23H29N3O4. The van der Waals surface area contributed by atoms with Crippen molar-refractivity contribution in [2.24, 2.45) is 11.8 Å². The molecule has 3 fully saturated rings. The average Bonchev–Trinajstić information content (AvgIpc) is 3.32. The number of likely N-dealkylation sites (N-methyl/N-ethyl adjacent to an activating group) is 1. The van der Waals surface area contributed by atoms with E-state index >= 15 is 0 Å². The molecule has 4 heterocycles. The van der Waals surface area contributed by atoms with Crippen LogP contribution in [0.15, 0.2) is 36.4 Å². The molecule has 2 unspecified atom stereocenters. The minimum absolute atomic E-state index is 0.0231. The molecule has 160 valence electrons. The van der Waals surface area contributed by atoms with Gasteiger partial charge in [0.05, 0.1) is 31.6 Å². The molecule has 4 aliphatic rings. The number of benzene rings is 1. The number of carbonyl (C=O) groups excluding carboxylic acids is 2. The summed E-state index contributed by atoms with van der Waals surface area (Å²) in [6.45, 7) is 4.31. The van der Waals surface area contributed by atoms with E-state index in [9.17, 15) is 9.59 Å². The lowest BCUT2D eigenvalue weighted by Gasteiger charge is -2.29. The lowest BCUT2D eigenvalue weighted by Crippen LogP contribution is -2.47. The molecule has 0 saturated carbocycles. The van der Waals surface area contributed by atoms with E-state index in [1.54, 1.807) is 7.11 Å². The molecule has 2 bridgehead atoms. The van der Waals surface area contributed by atoms with Gasteiger partial charge in [-0.2, -0.15) is 0 Å². The highest BCUT2D eigenvalue weighted by Gasteiger charge is 2.67. The fourth-order valence-electron chi connectivity index (χ4n) is 5.46. The predicted molar refractivity (Wildman–Crippen MR) is 111 cm³/mol. The van der Waals surface area contributed by atoms with Crippen molar-refractivity contribution in [3.63, 3.8) is 0 Å². The summed E-state index contributed by atoms with van der Waals surface area (Å²) >= 11 is 0. The molecule has 1 spiro atoms. The Morgan fingerprint density at radius 3 is 2.97 bits per heavy atom. The van der Waals surface area contributed by atoms with Crippen LogP contribution >= 0.6 is 0 Å². The number of amides is 2. The lowest BCUT2D eigenvalue weighted by atomic mass is 9.76. The third-order valence-electron chi connectivity index (χ3n) is 7.00. The highest BCUT2D eigenvalue weighted by Crippen LogP contribution is 2.52. The smallest absolute Gasteiger partial charge is 0.230 e. The molecule has 1 aromatic rings. The van der Waals surface area contributed by atoms with Gasteiger partial charge >= 0.3 is 0 Å². The van der Waals surface area contributed by atoms with Gasteiger partial charge in [0.25, 0.3) is 0 Å². The highest BCUT2D eigenvalue weighted by molar-refractivity contribution is 5.93. The van der Waals surface area contributed by atoms with E-state index in [4.69, 9.17) is 9.47 Å². The molecule has 0 N–H and O–H groups in total. The number of nitrogens with zero attached hydrogens (tertiary/aromatic N) is 3. The van der Waals surface area contributed by atoms with Crippen molar-refractivity contribution in [1.82, 2.24) is 14.7 Å². The maximum absolute atomic E-state index is 13.5. The zero-order valence-electron chi connectivity index (χ0n) is 17.6. The largest absolute Gasteiger partial charge is 0.497 e. The fraction of sp³-hybridized carbons (Fsp3) is 0.565. The highest BCUT2D eigenvalue weighted by atomic mass is 16.5. The third kappa shape index (κ3) is 3.11. The van der Waals surface area contributed by atoms with Gasteiger partial charge in [-0.15, -0.1) is 0 Å². The van der Waals surface area contributed by atoms with Crippen LogP contribution in [0, 0.1) is 11.8 Å². The van der Waals surface area contributed by atoms with Crippen molar-refractivity contribution in [2.45, 2.75) is 24.7 Å². The number of methoxy groups -OCH3 is 1. The number of ether oxygens (including phenoxy) is 2. The second-order valence-corrected chi connectivity index (χ2v) is 8.93. The molecular weight excluding hydrogens is 382 g/mol. The van der Waals surface area contributed by atoms with Crippen LogP contribution in [0.5, 0.6) is 5.75 Å². The molecule has 2 amide bonds. The number of carbonyl (C=O) groups is 2. The molecule has 30 heavy (non-hydrogen) atoms. The summed E-state index contributed by atoms with van der Waals surface area (Å²) in [6, 6.07) is 7.76. The number of hydrogen-bond acceptors (Lipinski definition) is 5. The van der Waals surface area contributed by atoms with E-state index in [2.05, 4.69) is 11.9 Å². The van der Waals surface area contributed by atoms with Crippen molar-refractivity contribution in [3.05, 3.63) is 42.0 Å². The van der Waals surface area contributed by atoms with Crippen LogP contribution in [0.4, 0.5) is 0 Å². The first kappa shape index (κ1) is 19.6. The van der Waals surface area contributed by atoms with Crippen molar-refractivity contribution in [3.8, 4) is 5.75 Å². The van der Waals surface area contributed by atoms with Crippen molar-refractivity contribution in [2.75, 3.05) is 46.9 Å². The fourth-order valence-corrected chi connectivity index (χ4v) is 5.46. The van der Waals surface area contributed by atoms with Gasteiger partial charge in [-0.25, -0.2) is 0 Å². The number of hydrogen-bond donors (Lipinski definition) is 0. The standard InChI is InChI=1S/C23H29N3O4/c1-24-9-4-10-25(12-11-24)21(27)19-18-7-8-23(30-18)15-26(22(28)20(19)23)14-16-5-3-6-17(13-16)29-2/h3,5-8,13,18-20H,4,9-12,14-15H2,1-2H3/t18-,19?,20?,23-/m1/s1. The van der Waals surface area contributed by atoms with Gasteiger partial charge in [-0.1, -0.05) is 24.3 Å². The minimum atomic E-state index is -0.663. The topological polar surface area (TPSA) is 62.3 Å². The van der Waals surface area contributed by atoms with Crippen molar-refractivity contribution < 1.29 is 19.1 Å². The van der Waals surface area contributed by atoms with E-state index in [0.717, 1.165) is 37.4 Å². The predicted octanol–water partition coefficient (Wildman–Crippen LogP) is 1.14. The summed E-state index contributed by atoms with van der Waals surface area (Å²) < 4.78 is 11.6. The van der Waals surface area contributed by atoms with Gasteiger partial charge in [0.2, 0.25) is 11.8 Å². The van der Waals surface area contributed by atoms with Gasteiger partial charge in [0, 0.05) is 26.2 Å². The minimum Gasteiger partial charge on any atom is -0.497 e. The van der Waals surface area contributed by atoms with Gasteiger partial charge in [0.1, 0.15) is 11.4 Å². The second-order valence-electron chi connectivity index (χ2n) is 8.93. The number of fused-ring (bicyclic) bond motifs is 1. The Kier molecular flexibility index (Phi) is 4.82. The first-order valence-corrected chi connectivity index (χ1v) is 10.8. The SMILES string of the molecule is COc1cccc(CN2C[C@@]34C=C[C@@H](O3)C(C(=O)N3CCCN(C)CC3)C4C2=O)c1. The average molecular weight is 412 g/mol. The Morgan fingerprint density at radius 1 is 1.27 bits per heavy atom. The Hall–Kier alpha value is -2.38. The summed E-state index contributed by atoms with van der Waals surface area (Å²) in [5.74, 6) is 0.0274. The Bertz CT molecular complexity index is 887. The molecule has 0 radical (unpaired) electrons. The number of likely N-dealkylation sites (tertiary alicyclic amines) is 1. The molecule has 0 aromatic heterocycles. The summed E-state index contributed by atoms with van der Waals surface area (Å²) in [5.41, 5.74) is 0.347. The van der Waals surface area contributed by atoms with Crippen LogP contribution in [-0.2, 0) is 20.9 Å². The molecule has 7 nitrogen and oxygen atoms in total. The van der Waals surface area contributed by atoms with E-state index in [-0.39, 0.29) is 17.9 Å². The molecule has 0 aliphatic carbocycles. The molecule has 5 rings (SSSR count). The van der Waals surface area contributed by atoms with Crippen LogP contribution in [0.25, 0.3) is 0 Å². The van der Waals surface area contributed by atoms with Gasteiger partial charge in [0.15, 0.2) is 0 Å². The van der Waals surface area contributed by atoms with Crippen LogP contribution in [-0.4, -0.2) is 85.1 Å². The first-order valence-electron chi connectivity index (χ1n) is 10.8. The van der Waals surface area contributed by atoms with Gasteiger partial charge < -0.3 is 24.2 Å². The van der Waals surface area contributed by atoms with Crippen molar-refractivity contribution >= 4 is 11.8 Å². The quantitative estimate of drug-likeness (QED) is 0.696. The number of rotatable bonds is 4. The van der Waals surface area contributed by atoms with E-state index < -0.39 is 17.4 Å². The zero-order chi connectivity index (χ0) is 20.9. The maximum Gasteiger partial charge on any atom is 0.230 e. The lowest BCUT2D eigenvalue weighted by molar-refractivity contribution is -0.143. The summed E-state index contributed by atoms with van der Waals surface area (Å²) in [4.78, 5) is 33.0. The summed E-state index contributed by atoms with van der Waals surface area (Å²) in [5, 5.41) is 0. The monoisotopic (exact) mass is 411 g/mol. The third-order valence-corrected chi connectivity index (χ3v) is 7.00. The Morgan fingerprint density at radius 2 is 2.13 bits per heavy atom. The van der Waals surface area contributed by atoms with Crippen LogP contribution in [0.2, 0.25) is 0 Å². The first-order chi connectivity index (χ1) is 14.5. The van der Waals surface area contributed by atoms with Gasteiger partial charge in [-0.3, -0.25) is 9.59 Å². The molecule has 4 atom stereocenters. The summed E-state index contributed by atoms with van der Waals surface area (Å²) in [7, 11) is 3.72. The van der Waals surface area contributed by atoms with Gasteiger partial charge in [-0.05, 0) is 37.7 Å². The molecule has 3 saturated heterocycles. The van der Waals surface area contributed by atoms with E-state index in [0.29, 0.717) is 19.6 Å². The molecule has 4 aliphatic heterocycles. The van der Waals surface area contributed by atoms with Crippen molar-refractivity contribution in [1.29, 1.82) is 0 Å². The van der Waals surface area contributed by atoms with E-state index in [1.807, 2.05) is 46.2 Å². The van der Waals surface area contributed by atoms with Crippen LogP contribution < -0.4 is 4.74 Å². The van der Waals surface area contributed by atoms with E-state index in [1.165, 1.54) is 0 Å². The van der Waals surface area contributed by atoms with Crippen LogP contribution in [0.3, 0.4) is 0 Å². The van der Waals surface area contributed by atoms with Crippen LogP contribution in [0.1, 0.15) is 12.0 Å². The zero-order valence-corrected chi connectivity index (χ0v) is 17.6. The summed E-state index contributed by atoms with van der Waals surface area (Å²) in [6.07, 6.45) is 4.69. The normalized spacial score (nSPS) is 33.1. The Labute approximate surface area is 177 Å². The maximum atomic E-state index is 13.5. The second kappa shape index (κ2) is 7.39.